The Morgan fingerprint density at radius 2 is 2.28 bits per heavy atom. The number of alkyl halides is 2. The summed E-state index contributed by atoms with van der Waals surface area (Å²) in [7, 11) is 0. The van der Waals surface area contributed by atoms with E-state index < -0.39 is 13.0 Å². The van der Waals surface area contributed by atoms with Crippen LogP contribution in [0.3, 0.4) is 0 Å². The zero-order valence-corrected chi connectivity index (χ0v) is 11.7. The maximum Gasteiger partial charge on any atom is 0.261 e. The van der Waals surface area contributed by atoms with Crippen LogP contribution in [0, 0.1) is 0 Å². The summed E-state index contributed by atoms with van der Waals surface area (Å²) >= 11 is 4.92. The van der Waals surface area contributed by atoms with Crippen LogP contribution in [-0.2, 0) is 4.74 Å². The highest BCUT2D eigenvalue weighted by Crippen LogP contribution is 2.28. The van der Waals surface area contributed by atoms with Crippen LogP contribution in [0.15, 0.2) is 22.7 Å². The molecule has 1 aromatic heterocycles. The van der Waals surface area contributed by atoms with Crippen molar-refractivity contribution in [1.82, 2.24) is 4.98 Å². The molecule has 0 aliphatic heterocycles. The Kier molecular flexibility index (Phi) is 4.85. The number of benzene rings is 1. The minimum absolute atomic E-state index is 0.240. The van der Waals surface area contributed by atoms with Gasteiger partial charge in [-0.2, -0.15) is 0 Å². The summed E-state index contributed by atoms with van der Waals surface area (Å²) < 4.78 is 30.4. The Balaban J connectivity index is 1.84. The molecule has 0 saturated carbocycles. The van der Waals surface area contributed by atoms with Crippen molar-refractivity contribution in [3.8, 4) is 0 Å². The lowest BCUT2D eigenvalue weighted by molar-refractivity contribution is 0.0215. The molecule has 0 spiro atoms. The number of thiazole rings is 1. The van der Waals surface area contributed by atoms with Crippen molar-refractivity contribution in [3.63, 3.8) is 0 Å². The molecule has 0 radical (unpaired) electrons. The smallest absolute Gasteiger partial charge is 0.261 e. The van der Waals surface area contributed by atoms with E-state index in [9.17, 15) is 8.78 Å². The number of hydrogen-bond acceptors (Lipinski definition) is 4. The molecule has 0 aliphatic rings. The van der Waals surface area contributed by atoms with Crippen LogP contribution >= 0.6 is 27.3 Å². The minimum atomic E-state index is -2.41. The standard InChI is InChI=1S/C11H11BrF2N2OS/c12-7-1-2-8-9(5-7)18-11(16-8)15-3-4-17-6-10(13)14/h1-2,5,10H,3-4,6H2,(H,15,16). The highest BCUT2D eigenvalue weighted by atomic mass is 79.9. The average Bonchev–Trinajstić information content (AvgIpc) is 2.70. The molecule has 0 aliphatic carbocycles. The zero-order chi connectivity index (χ0) is 13.0. The van der Waals surface area contributed by atoms with Crippen molar-refractivity contribution < 1.29 is 13.5 Å². The van der Waals surface area contributed by atoms with E-state index in [1.165, 1.54) is 11.3 Å². The van der Waals surface area contributed by atoms with Crippen LogP contribution in [0.4, 0.5) is 13.9 Å². The molecule has 1 aromatic carbocycles. The summed E-state index contributed by atoms with van der Waals surface area (Å²) in [6, 6.07) is 5.84. The predicted octanol–water partition coefficient (Wildman–Crippen LogP) is 3.75. The molecule has 1 heterocycles. The first-order valence-electron chi connectivity index (χ1n) is 5.31. The van der Waals surface area contributed by atoms with E-state index in [0.29, 0.717) is 6.54 Å². The number of fused-ring (bicyclic) bond motifs is 1. The van der Waals surface area contributed by atoms with Gasteiger partial charge < -0.3 is 10.1 Å². The van der Waals surface area contributed by atoms with Crippen molar-refractivity contribution >= 4 is 42.6 Å². The van der Waals surface area contributed by atoms with E-state index in [1.807, 2.05) is 18.2 Å². The molecule has 0 fully saturated rings. The lowest BCUT2D eigenvalue weighted by Crippen LogP contribution is -2.12. The number of anilines is 1. The van der Waals surface area contributed by atoms with E-state index in [4.69, 9.17) is 4.74 Å². The number of ether oxygens (including phenoxy) is 1. The molecule has 0 unspecified atom stereocenters. The summed E-state index contributed by atoms with van der Waals surface area (Å²) in [4.78, 5) is 4.37. The van der Waals surface area contributed by atoms with Crippen molar-refractivity contribution in [2.45, 2.75) is 6.43 Å². The molecule has 2 rings (SSSR count). The van der Waals surface area contributed by atoms with Crippen molar-refractivity contribution in [2.24, 2.45) is 0 Å². The van der Waals surface area contributed by atoms with Gasteiger partial charge in [-0.1, -0.05) is 27.3 Å². The van der Waals surface area contributed by atoms with Gasteiger partial charge in [0.2, 0.25) is 0 Å². The van der Waals surface area contributed by atoms with Crippen LogP contribution in [-0.4, -0.2) is 31.2 Å². The fourth-order valence-electron chi connectivity index (χ4n) is 1.38. The van der Waals surface area contributed by atoms with E-state index >= 15 is 0 Å². The van der Waals surface area contributed by atoms with Gasteiger partial charge in [-0.15, -0.1) is 0 Å². The Labute approximate surface area is 115 Å². The third-order valence-corrected chi connectivity index (χ3v) is 3.59. The third-order valence-electron chi connectivity index (χ3n) is 2.12. The van der Waals surface area contributed by atoms with Crippen LogP contribution in [0.1, 0.15) is 0 Å². The molecule has 7 heteroatoms. The van der Waals surface area contributed by atoms with Crippen LogP contribution < -0.4 is 5.32 Å². The summed E-state index contributed by atoms with van der Waals surface area (Å²) in [6.07, 6.45) is -2.41. The zero-order valence-electron chi connectivity index (χ0n) is 9.33. The topological polar surface area (TPSA) is 34.1 Å². The second kappa shape index (κ2) is 6.40. The maximum atomic E-state index is 11.8. The molecule has 18 heavy (non-hydrogen) atoms. The summed E-state index contributed by atoms with van der Waals surface area (Å²) in [5.41, 5.74) is 0.916. The first-order valence-corrected chi connectivity index (χ1v) is 6.92. The molecule has 1 N–H and O–H groups in total. The fraction of sp³-hybridized carbons (Fsp3) is 0.364. The van der Waals surface area contributed by atoms with E-state index in [0.717, 1.165) is 19.8 Å². The maximum absolute atomic E-state index is 11.8. The molecular weight excluding hydrogens is 326 g/mol. The molecule has 0 amide bonds. The van der Waals surface area contributed by atoms with Gasteiger partial charge in [0.25, 0.3) is 6.43 Å². The van der Waals surface area contributed by atoms with Crippen LogP contribution in [0.5, 0.6) is 0 Å². The Morgan fingerprint density at radius 3 is 3.06 bits per heavy atom. The van der Waals surface area contributed by atoms with Gasteiger partial charge in [-0.05, 0) is 18.2 Å². The molecule has 0 saturated heterocycles. The highest BCUT2D eigenvalue weighted by molar-refractivity contribution is 9.10. The predicted molar refractivity (Wildman–Crippen MR) is 72.6 cm³/mol. The Hall–Kier alpha value is -0.790. The molecule has 2 aromatic rings. The molecule has 98 valence electrons. The summed E-state index contributed by atoms with van der Waals surface area (Å²) in [6.45, 7) is 0.187. The second-order valence-electron chi connectivity index (χ2n) is 3.52. The largest absolute Gasteiger partial charge is 0.374 e. The van der Waals surface area contributed by atoms with Gasteiger partial charge in [-0.25, -0.2) is 13.8 Å². The van der Waals surface area contributed by atoms with Gasteiger partial charge >= 0.3 is 0 Å². The van der Waals surface area contributed by atoms with Gasteiger partial charge in [0.05, 0.1) is 16.8 Å². The van der Waals surface area contributed by atoms with Crippen molar-refractivity contribution in [1.29, 1.82) is 0 Å². The fourth-order valence-corrected chi connectivity index (χ4v) is 2.82. The first-order chi connectivity index (χ1) is 8.65. The van der Waals surface area contributed by atoms with Gasteiger partial charge in [0.15, 0.2) is 5.13 Å². The van der Waals surface area contributed by atoms with Crippen LogP contribution in [0.25, 0.3) is 10.2 Å². The quantitative estimate of drug-likeness (QED) is 0.815. The van der Waals surface area contributed by atoms with E-state index in [1.54, 1.807) is 0 Å². The Morgan fingerprint density at radius 1 is 1.44 bits per heavy atom. The molecule has 0 bridgehead atoms. The lowest BCUT2D eigenvalue weighted by atomic mass is 10.3. The number of halogens is 3. The third kappa shape index (κ3) is 3.86. The molecule has 3 nitrogen and oxygen atoms in total. The van der Waals surface area contributed by atoms with Crippen molar-refractivity contribution in [2.75, 3.05) is 25.1 Å². The number of aromatic nitrogens is 1. The SMILES string of the molecule is FC(F)COCCNc1nc2ccc(Br)cc2s1. The van der Waals surface area contributed by atoms with Gasteiger partial charge in [-0.3, -0.25) is 0 Å². The summed E-state index contributed by atoms with van der Waals surface area (Å²) in [5, 5.41) is 3.82. The normalized spacial score (nSPS) is 11.3. The monoisotopic (exact) mass is 336 g/mol. The Bertz CT molecular complexity index is 521. The molecule has 0 atom stereocenters. The highest BCUT2D eigenvalue weighted by Gasteiger charge is 2.04. The number of hydrogen-bond donors (Lipinski definition) is 1. The first kappa shape index (κ1) is 13.6. The van der Waals surface area contributed by atoms with Crippen molar-refractivity contribution in [3.05, 3.63) is 22.7 Å². The average molecular weight is 337 g/mol. The lowest BCUT2D eigenvalue weighted by Gasteiger charge is -2.03. The number of rotatable bonds is 6. The van der Waals surface area contributed by atoms with Gasteiger partial charge in [0, 0.05) is 11.0 Å². The second-order valence-corrected chi connectivity index (χ2v) is 5.47. The minimum Gasteiger partial charge on any atom is -0.374 e. The van der Waals surface area contributed by atoms with E-state index in [-0.39, 0.29) is 6.61 Å². The molecular formula is C11H11BrF2N2OS. The van der Waals surface area contributed by atoms with E-state index in [2.05, 4.69) is 26.2 Å². The number of nitrogens with zero attached hydrogens (tertiary/aromatic N) is 1. The summed E-state index contributed by atoms with van der Waals surface area (Å²) in [5.74, 6) is 0. The van der Waals surface area contributed by atoms with Crippen LogP contribution in [0.2, 0.25) is 0 Å². The number of nitrogens with one attached hydrogen (secondary N) is 1. The van der Waals surface area contributed by atoms with Gasteiger partial charge in [0.1, 0.15) is 6.61 Å².